The molecule has 0 heterocycles. The summed E-state index contributed by atoms with van der Waals surface area (Å²) in [6.07, 6.45) is 0. The van der Waals surface area contributed by atoms with Crippen molar-refractivity contribution in [2.75, 3.05) is 40.6 Å². The lowest BCUT2D eigenvalue weighted by Crippen LogP contribution is -2.59. The van der Waals surface area contributed by atoms with Gasteiger partial charge in [-0.2, -0.15) is 0 Å². The third kappa shape index (κ3) is 4.89. The van der Waals surface area contributed by atoms with Crippen molar-refractivity contribution in [1.82, 2.24) is 0 Å². The van der Waals surface area contributed by atoms with E-state index >= 15 is 0 Å². The maximum absolute atomic E-state index is 11.6. The molecular weight excluding hydrogens is 304 g/mol. The van der Waals surface area contributed by atoms with E-state index in [0.29, 0.717) is 13.2 Å². The lowest BCUT2D eigenvalue weighted by Gasteiger charge is -2.34. The molecule has 0 bridgehead atoms. The second kappa shape index (κ2) is 9.70. The molecule has 0 radical (unpaired) electrons. The van der Waals surface area contributed by atoms with Gasteiger partial charge in [-0.3, -0.25) is 4.79 Å². The molecule has 0 spiro atoms. The number of hydrogen-bond donors (Lipinski definition) is 1. The molecule has 1 aromatic carbocycles. The number of benzene rings is 1. The number of methoxy groups -OCH3 is 2. The fourth-order valence-electron chi connectivity index (χ4n) is 2.09. The van der Waals surface area contributed by atoms with Crippen molar-refractivity contribution in [2.45, 2.75) is 12.5 Å². The zero-order valence-electron chi connectivity index (χ0n) is 13.3. The maximum atomic E-state index is 11.6. The minimum absolute atomic E-state index is 0.280. The first-order valence-corrected chi connectivity index (χ1v) is 9.02. The van der Waals surface area contributed by atoms with Crippen molar-refractivity contribution in [3.8, 4) is 0 Å². The van der Waals surface area contributed by atoms with Crippen molar-refractivity contribution < 1.29 is 28.2 Å². The van der Waals surface area contributed by atoms with Crippen LogP contribution in [0.5, 0.6) is 0 Å². The number of aliphatic carboxylic acids is 1. The molecule has 0 saturated heterocycles. The fraction of sp³-hybridized carbons (Fsp3) is 0.533. The van der Waals surface area contributed by atoms with E-state index in [2.05, 4.69) is 0 Å². The summed E-state index contributed by atoms with van der Waals surface area (Å²) >= 11 is 0. The lowest BCUT2D eigenvalue weighted by molar-refractivity contribution is -0.137. The zero-order valence-corrected chi connectivity index (χ0v) is 14.3. The molecule has 0 aromatic heterocycles. The van der Waals surface area contributed by atoms with Crippen LogP contribution in [-0.4, -0.2) is 60.3 Å². The number of ether oxygens (including phenoxy) is 2. The minimum atomic E-state index is -3.17. The van der Waals surface area contributed by atoms with Crippen LogP contribution >= 0.6 is 0 Å². The van der Waals surface area contributed by atoms with Gasteiger partial charge in [0.1, 0.15) is 5.54 Å². The molecular formula is C15H24O6Si. The van der Waals surface area contributed by atoms with E-state index < -0.39 is 20.1 Å². The maximum Gasteiger partial charge on any atom is 0.387 e. The summed E-state index contributed by atoms with van der Waals surface area (Å²) in [6.45, 7) is 2.94. The topological polar surface area (TPSA) is 74.2 Å². The van der Waals surface area contributed by atoms with E-state index in [1.165, 1.54) is 0 Å². The molecule has 0 saturated carbocycles. The van der Waals surface area contributed by atoms with Gasteiger partial charge in [0, 0.05) is 14.2 Å². The van der Waals surface area contributed by atoms with Crippen molar-refractivity contribution >= 4 is 19.7 Å². The Labute approximate surface area is 132 Å². The standard InChI is InChI=1S/C15H24O6Si/c1-13(15(16)17)22(20-11-9-18-2,21-12-10-19-3)14-7-5-4-6-8-14/h4-8,13H,9-12H2,1-3H3,(H,16,17). The molecule has 1 unspecified atom stereocenters. The highest BCUT2D eigenvalue weighted by Gasteiger charge is 2.49. The first kappa shape index (κ1) is 18.8. The average molecular weight is 328 g/mol. The molecule has 0 aliphatic heterocycles. The van der Waals surface area contributed by atoms with Gasteiger partial charge in [-0.15, -0.1) is 0 Å². The van der Waals surface area contributed by atoms with Gasteiger partial charge < -0.3 is 23.4 Å². The molecule has 1 N–H and O–H groups in total. The van der Waals surface area contributed by atoms with Crippen LogP contribution in [0, 0.1) is 0 Å². The molecule has 1 aromatic rings. The minimum Gasteiger partial charge on any atom is -0.481 e. The summed E-state index contributed by atoms with van der Waals surface area (Å²) in [5, 5.41) is 10.3. The van der Waals surface area contributed by atoms with Crippen molar-refractivity contribution in [3.05, 3.63) is 30.3 Å². The highest BCUT2D eigenvalue weighted by atomic mass is 28.4. The first-order valence-electron chi connectivity index (χ1n) is 7.12. The third-order valence-corrected chi connectivity index (χ3v) is 7.12. The highest BCUT2D eigenvalue weighted by Crippen LogP contribution is 2.25. The molecule has 22 heavy (non-hydrogen) atoms. The van der Waals surface area contributed by atoms with Gasteiger partial charge in [-0.05, 0) is 12.1 Å². The van der Waals surface area contributed by atoms with E-state index in [0.717, 1.165) is 5.19 Å². The summed E-state index contributed by atoms with van der Waals surface area (Å²) in [6, 6.07) is 9.28. The van der Waals surface area contributed by atoms with E-state index in [1.54, 1.807) is 21.1 Å². The normalized spacial score (nSPS) is 13.0. The van der Waals surface area contributed by atoms with Crippen LogP contribution < -0.4 is 5.19 Å². The Morgan fingerprint density at radius 3 is 1.95 bits per heavy atom. The Morgan fingerprint density at radius 2 is 1.55 bits per heavy atom. The van der Waals surface area contributed by atoms with Gasteiger partial charge >= 0.3 is 14.5 Å². The molecule has 0 fully saturated rings. The monoisotopic (exact) mass is 328 g/mol. The number of carboxylic acids is 1. The SMILES string of the molecule is COCCO[Si](OCCOC)(c1ccccc1)C(C)C(=O)O. The summed E-state index contributed by atoms with van der Waals surface area (Å²) in [7, 11) is -0.0302. The van der Waals surface area contributed by atoms with Crippen molar-refractivity contribution in [3.63, 3.8) is 0 Å². The predicted octanol–water partition coefficient (Wildman–Crippen LogP) is 1.14. The van der Waals surface area contributed by atoms with Gasteiger partial charge in [-0.1, -0.05) is 30.3 Å². The van der Waals surface area contributed by atoms with Gasteiger partial charge in [-0.25, -0.2) is 0 Å². The van der Waals surface area contributed by atoms with Crippen molar-refractivity contribution in [2.24, 2.45) is 0 Å². The van der Waals surface area contributed by atoms with Crippen LogP contribution in [-0.2, 0) is 23.1 Å². The van der Waals surface area contributed by atoms with Gasteiger partial charge in [0.2, 0.25) is 0 Å². The molecule has 124 valence electrons. The Balaban J connectivity index is 3.12. The van der Waals surface area contributed by atoms with E-state index in [-0.39, 0.29) is 13.2 Å². The Bertz CT molecular complexity index is 429. The van der Waals surface area contributed by atoms with Gasteiger partial charge in [0.25, 0.3) is 0 Å². The van der Waals surface area contributed by atoms with E-state index in [1.807, 2.05) is 30.3 Å². The van der Waals surface area contributed by atoms with E-state index in [4.69, 9.17) is 18.3 Å². The highest BCUT2D eigenvalue weighted by molar-refractivity contribution is 6.84. The lowest BCUT2D eigenvalue weighted by atomic mass is 10.4. The smallest absolute Gasteiger partial charge is 0.387 e. The first-order chi connectivity index (χ1) is 10.6. The fourth-order valence-corrected chi connectivity index (χ4v) is 5.27. The molecule has 0 aliphatic carbocycles. The molecule has 1 rings (SSSR count). The Morgan fingerprint density at radius 1 is 1.05 bits per heavy atom. The molecule has 0 amide bonds. The number of carbonyl (C=O) groups is 1. The summed E-state index contributed by atoms with van der Waals surface area (Å²) in [5.74, 6) is -0.939. The van der Waals surface area contributed by atoms with Crippen molar-refractivity contribution in [1.29, 1.82) is 0 Å². The summed E-state index contributed by atoms with van der Waals surface area (Å²) in [5.41, 5.74) is -0.761. The van der Waals surface area contributed by atoms with Crippen LogP contribution in [0.4, 0.5) is 0 Å². The average Bonchev–Trinajstić information content (AvgIpc) is 2.54. The molecule has 6 nitrogen and oxygen atoms in total. The Kier molecular flexibility index (Phi) is 8.29. The predicted molar refractivity (Wildman–Crippen MR) is 84.5 cm³/mol. The largest absolute Gasteiger partial charge is 0.481 e. The number of rotatable bonds is 11. The summed E-state index contributed by atoms with van der Waals surface area (Å²) < 4.78 is 22.0. The Hall–Kier alpha value is -1.25. The van der Waals surface area contributed by atoms with Crippen LogP contribution in [0.15, 0.2) is 30.3 Å². The third-order valence-electron chi connectivity index (χ3n) is 3.32. The number of carboxylic acid groups (broad SMARTS) is 1. The second-order valence-corrected chi connectivity index (χ2v) is 8.13. The van der Waals surface area contributed by atoms with Crippen LogP contribution in [0.1, 0.15) is 6.92 Å². The molecule has 7 heteroatoms. The second-order valence-electron chi connectivity index (χ2n) is 4.78. The summed E-state index contributed by atoms with van der Waals surface area (Å²) in [4.78, 5) is 11.6. The zero-order chi connectivity index (χ0) is 16.4. The van der Waals surface area contributed by atoms with Gasteiger partial charge in [0.15, 0.2) is 0 Å². The molecule has 0 aliphatic rings. The molecule has 1 atom stereocenters. The quantitative estimate of drug-likeness (QED) is 0.485. The van der Waals surface area contributed by atoms with Crippen LogP contribution in [0.25, 0.3) is 0 Å². The van der Waals surface area contributed by atoms with Gasteiger partial charge in [0.05, 0.1) is 26.4 Å². The van der Waals surface area contributed by atoms with Crippen LogP contribution in [0.2, 0.25) is 5.54 Å². The van der Waals surface area contributed by atoms with Crippen LogP contribution in [0.3, 0.4) is 0 Å². The van der Waals surface area contributed by atoms with E-state index in [9.17, 15) is 9.90 Å². The number of hydrogen-bond acceptors (Lipinski definition) is 5.